The summed E-state index contributed by atoms with van der Waals surface area (Å²) in [6.07, 6.45) is 0.452. The van der Waals surface area contributed by atoms with Gasteiger partial charge in [0.05, 0.1) is 19.7 Å². The molecule has 2 atom stereocenters. The van der Waals surface area contributed by atoms with Gasteiger partial charge in [0.2, 0.25) is 11.8 Å². The van der Waals surface area contributed by atoms with Crippen LogP contribution in [0.1, 0.15) is 12.8 Å². The average Bonchev–Trinajstić information content (AvgIpc) is 3.34. The van der Waals surface area contributed by atoms with Gasteiger partial charge in [-0.25, -0.2) is 8.78 Å². The molecule has 0 radical (unpaired) electrons. The summed E-state index contributed by atoms with van der Waals surface area (Å²) in [4.78, 5) is 23.0. The van der Waals surface area contributed by atoms with Crippen molar-refractivity contribution in [1.29, 1.82) is 0 Å². The third-order valence-corrected chi connectivity index (χ3v) is 5.96. The number of carbonyl (C=O) groups is 1. The Morgan fingerprint density at radius 3 is 2.71 bits per heavy atom. The molecule has 9 heteroatoms. The first kappa shape index (κ1) is 19.3. The molecule has 28 heavy (non-hydrogen) atoms. The second-order valence-electron chi connectivity index (χ2n) is 7.78. The van der Waals surface area contributed by atoms with E-state index in [0.717, 1.165) is 38.5 Å². The number of anilines is 1. The van der Waals surface area contributed by atoms with E-state index in [0.29, 0.717) is 12.3 Å². The minimum atomic E-state index is -2.74. The quantitative estimate of drug-likeness (QED) is 0.814. The van der Waals surface area contributed by atoms with E-state index < -0.39 is 12.5 Å². The lowest BCUT2D eigenvalue weighted by Crippen LogP contribution is -2.51. The molecule has 1 aromatic rings. The summed E-state index contributed by atoms with van der Waals surface area (Å²) in [7, 11) is 1.61. The van der Waals surface area contributed by atoms with Crippen molar-refractivity contribution >= 4 is 11.7 Å². The molecule has 3 aliphatic heterocycles. The van der Waals surface area contributed by atoms with E-state index in [9.17, 15) is 13.6 Å². The van der Waals surface area contributed by atoms with E-state index in [1.54, 1.807) is 7.11 Å². The van der Waals surface area contributed by atoms with Crippen molar-refractivity contribution in [1.82, 2.24) is 20.1 Å². The third kappa shape index (κ3) is 4.05. The Hall–Kier alpha value is -2.00. The van der Waals surface area contributed by atoms with Crippen LogP contribution in [-0.4, -0.2) is 91.6 Å². The third-order valence-electron chi connectivity index (χ3n) is 5.96. The van der Waals surface area contributed by atoms with Crippen LogP contribution >= 0.6 is 0 Å². The zero-order chi connectivity index (χ0) is 19.7. The maximum atomic E-state index is 13.4. The molecule has 3 fully saturated rings. The molecule has 1 amide bonds. The van der Waals surface area contributed by atoms with Gasteiger partial charge in [0, 0.05) is 57.8 Å². The zero-order valence-corrected chi connectivity index (χ0v) is 16.1. The smallest absolute Gasteiger partial charge is 0.267 e. The number of amides is 1. The van der Waals surface area contributed by atoms with E-state index in [1.807, 2.05) is 18.2 Å². The van der Waals surface area contributed by atoms with Gasteiger partial charge >= 0.3 is 0 Å². The van der Waals surface area contributed by atoms with Crippen LogP contribution in [0, 0.1) is 0 Å². The lowest BCUT2D eigenvalue weighted by Gasteiger charge is -2.38. The summed E-state index contributed by atoms with van der Waals surface area (Å²) in [5.41, 5.74) is 0. The second kappa shape index (κ2) is 7.79. The van der Waals surface area contributed by atoms with Gasteiger partial charge < -0.3 is 19.9 Å². The highest BCUT2D eigenvalue weighted by molar-refractivity contribution is 5.82. The zero-order valence-electron chi connectivity index (χ0n) is 16.1. The number of hydrogen-bond donors (Lipinski definition) is 1. The molecule has 154 valence electrons. The number of halogens is 2. The fourth-order valence-electron chi connectivity index (χ4n) is 4.34. The molecule has 0 aromatic carbocycles. The molecular formula is C19H27F2N5O2. The molecule has 1 aromatic heterocycles. The summed E-state index contributed by atoms with van der Waals surface area (Å²) in [5.74, 6) is -1.41. The van der Waals surface area contributed by atoms with Gasteiger partial charge in [0.25, 0.3) is 5.92 Å². The number of nitrogens with zero attached hydrogens (tertiary/aromatic N) is 4. The van der Waals surface area contributed by atoms with Gasteiger partial charge in [-0.1, -0.05) is 6.07 Å². The number of likely N-dealkylation sites (tertiary alicyclic amines) is 1. The van der Waals surface area contributed by atoms with Gasteiger partial charge in [0.15, 0.2) is 0 Å². The molecule has 0 unspecified atom stereocenters. The van der Waals surface area contributed by atoms with E-state index in [-0.39, 0.29) is 31.0 Å². The number of methoxy groups -OCH3 is 1. The van der Waals surface area contributed by atoms with Crippen LogP contribution in [0.15, 0.2) is 18.2 Å². The highest BCUT2D eigenvalue weighted by atomic mass is 19.3. The lowest BCUT2D eigenvalue weighted by atomic mass is 10.1. The first-order chi connectivity index (χ1) is 13.4. The molecule has 0 spiro atoms. The van der Waals surface area contributed by atoms with Crippen molar-refractivity contribution in [2.45, 2.75) is 30.8 Å². The van der Waals surface area contributed by atoms with Gasteiger partial charge in [-0.05, 0) is 12.5 Å². The minimum absolute atomic E-state index is 0.154. The van der Waals surface area contributed by atoms with Crippen molar-refractivity contribution in [3.05, 3.63) is 18.2 Å². The van der Waals surface area contributed by atoms with Crippen LogP contribution in [0.25, 0.3) is 0 Å². The van der Waals surface area contributed by atoms with Crippen LogP contribution < -0.4 is 15.0 Å². The summed E-state index contributed by atoms with van der Waals surface area (Å²) >= 11 is 0. The van der Waals surface area contributed by atoms with E-state index in [1.165, 1.54) is 4.90 Å². The number of hydrogen-bond acceptors (Lipinski definition) is 6. The van der Waals surface area contributed by atoms with E-state index in [4.69, 9.17) is 4.74 Å². The number of ether oxygens (including phenoxy) is 1. The Morgan fingerprint density at radius 2 is 2.04 bits per heavy atom. The first-order valence-corrected chi connectivity index (χ1v) is 9.85. The number of aromatic nitrogens is 1. The fraction of sp³-hybridized carbons (Fsp3) is 0.684. The molecule has 3 aliphatic rings. The monoisotopic (exact) mass is 395 g/mol. The predicted molar refractivity (Wildman–Crippen MR) is 101 cm³/mol. The fourth-order valence-corrected chi connectivity index (χ4v) is 4.34. The maximum absolute atomic E-state index is 13.4. The number of alkyl halides is 2. The number of rotatable bonds is 4. The predicted octanol–water partition coefficient (Wildman–Crippen LogP) is 0.810. The van der Waals surface area contributed by atoms with Crippen molar-refractivity contribution in [2.75, 3.05) is 57.8 Å². The van der Waals surface area contributed by atoms with Crippen molar-refractivity contribution in [3.63, 3.8) is 0 Å². The highest BCUT2D eigenvalue weighted by Crippen LogP contribution is 2.28. The molecule has 0 bridgehead atoms. The summed E-state index contributed by atoms with van der Waals surface area (Å²) in [6, 6.07) is 5.66. The topological polar surface area (TPSA) is 60.9 Å². The normalized spacial score (nSPS) is 28.0. The average molecular weight is 395 g/mol. The number of pyridine rings is 1. The van der Waals surface area contributed by atoms with Crippen LogP contribution in [0.5, 0.6) is 5.88 Å². The summed E-state index contributed by atoms with van der Waals surface area (Å²) in [5, 5.41) is 3.25. The number of nitrogens with one attached hydrogen (secondary N) is 1. The SMILES string of the molecule is COc1cccc(N2CCN([C@@H]3CN[C@H](C(=O)N4CCC(F)(F)C4)C3)CC2)n1. The molecule has 0 aliphatic carbocycles. The molecule has 0 saturated carbocycles. The Bertz CT molecular complexity index is 711. The summed E-state index contributed by atoms with van der Waals surface area (Å²) in [6.45, 7) is 3.91. The highest BCUT2D eigenvalue weighted by Gasteiger charge is 2.43. The van der Waals surface area contributed by atoms with Crippen LogP contribution in [0.3, 0.4) is 0 Å². The molecule has 1 N–H and O–H groups in total. The van der Waals surface area contributed by atoms with Gasteiger partial charge in [-0.15, -0.1) is 0 Å². The maximum Gasteiger partial charge on any atom is 0.267 e. The largest absolute Gasteiger partial charge is 0.481 e. The van der Waals surface area contributed by atoms with Crippen molar-refractivity contribution in [2.24, 2.45) is 0 Å². The van der Waals surface area contributed by atoms with E-state index >= 15 is 0 Å². The van der Waals surface area contributed by atoms with Gasteiger partial charge in [-0.2, -0.15) is 4.98 Å². The van der Waals surface area contributed by atoms with Crippen molar-refractivity contribution < 1.29 is 18.3 Å². The second-order valence-corrected chi connectivity index (χ2v) is 7.78. The molecule has 4 rings (SSSR count). The van der Waals surface area contributed by atoms with Crippen molar-refractivity contribution in [3.8, 4) is 5.88 Å². The van der Waals surface area contributed by atoms with Gasteiger partial charge in [0.1, 0.15) is 5.82 Å². The Morgan fingerprint density at radius 1 is 1.25 bits per heavy atom. The standard InChI is InChI=1S/C19H27F2N5O2/c1-28-17-4-2-3-16(23-17)25-9-7-24(8-10-25)14-11-15(22-12-14)18(27)26-6-5-19(20,21)13-26/h2-4,14-15,22H,5-13H2,1H3/t14-,15-/m0/s1. The Balaban J connectivity index is 1.28. The van der Waals surface area contributed by atoms with Crippen LogP contribution in [-0.2, 0) is 4.79 Å². The Labute approximate surface area is 163 Å². The summed E-state index contributed by atoms with van der Waals surface area (Å²) < 4.78 is 32.0. The number of carbonyl (C=O) groups excluding carboxylic acids is 1. The lowest BCUT2D eigenvalue weighted by molar-refractivity contribution is -0.133. The van der Waals surface area contributed by atoms with Gasteiger partial charge in [-0.3, -0.25) is 9.69 Å². The minimum Gasteiger partial charge on any atom is -0.481 e. The Kier molecular flexibility index (Phi) is 5.37. The molecule has 4 heterocycles. The van der Waals surface area contributed by atoms with Crippen LogP contribution in [0.2, 0.25) is 0 Å². The first-order valence-electron chi connectivity index (χ1n) is 9.85. The number of piperazine rings is 1. The molecule has 7 nitrogen and oxygen atoms in total. The van der Waals surface area contributed by atoms with Crippen LogP contribution in [0.4, 0.5) is 14.6 Å². The molecular weight excluding hydrogens is 368 g/mol. The molecule has 3 saturated heterocycles. The van der Waals surface area contributed by atoms with E-state index in [2.05, 4.69) is 20.1 Å².